The van der Waals surface area contributed by atoms with Gasteiger partial charge in [-0.3, -0.25) is 9.59 Å². The molecule has 0 spiro atoms. The summed E-state index contributed by atoms with van der Waals surface area (Å²) in [6, 6.07) is 5.33. The van der Waals surface area contributed by atoms with Crippen molar-refractivity contribution in [3.05, 3.63) is 41.5 Å². The topological polar surface area (TPSA) is 93.0 Å². The Labute approximate surface area is 137 Å². The quantitative estimate of drug-likeness (QED) is 0.841. The van der Waals surface area contributed by atoms with E-state index in [1.54, 1.807) is 19.1 Å². The molecular formula is C15H17FN6O2. The fourth-order valence-electron chi connectivity index (χ4n) is 2.73. The number of halogens is 1. The van der Waals surface area contributed by atoms with Gasteiger partial charge in [-0.2, -0.15) is 0 Å². The summed E-state index contributed by atoms with van der Waals surface area (Å²) in [6.07, 6.45) is 0.237. The first-order valence-corrected chi connectivity index (χ1v) is 7.59. The Bertz CT molecular complexity index is 762. The monoisotopic (exact) mass is 332 g/mol. The van der Waals surface area contributed by atoms with Gasteiger partial charge >= 0.3 is 0 Å². The van der Waals surface area contributed by atoms with E-state index in [1.807, 2.05) is 0 Å². The second-order valence-corrected chi connectivity index (χ2v) is 5.63. The standard InChI is InChI=1S/C15H17FN6O2/c1-10-18-19-20-22(10)13(8-11-3-2-4-12(16)7-11)15(24)21-6-5-17-14(23)9-21/h2-4,7,13H,5-6,8-9H2,1H3,(H,17,23)/t13-/m0/s1. The van der Waals surface area contributed by atoms with Gasteiger partial charge in [0.25, 0.3) is 0 Å². The molecule has 1 aliphatic rings. The predicted molar refractivity (Wildman–Crippen MR) is 81.3 cm³/mol. The molecule has 0 unspecified atom stereocenters. The lowest BCUT2D eigenvalue weighted by Crippen LogP contribution is -2.52. The highest BCUT2D eigenvalue weighted by atomic mass is 19.1. The summed E-state index contributed by atoms with van der Waals surface area (Å²) in [5, 5.41) is 14.0. The van der Waals surface area contributed by atoms with Gasteiger partial charge in [-0.05, 0) is 35.0 Å². The van der Waals surface area contributed by atoms with E-state index in [9.17, 15) is 14.0 Å². The lowest BCUT2D eigenvalue weighted by atomic mass is 10.0. The van der Waals surface area contributed by atoms with Crippen LogP contribution in [0.4, 0.5) is 4.39 Å². The molecule has 24 heavy (non-hydrogen) atoms. The first kappa shape index (κ1) is 16.0. The Morgan fingerprint density at radius 2 is 2.29 bits per heavy atom. The van der Waals surface area contributed by atoms with Crippen molar-refractivity contribution in [2.45, 2.75) is 19.4 Å². The molecule has 1 N–H and O–H groups in total. The molecule has 3 rings (SSSR count). The van der Waals surface area contributed by atoms with E-state index >= 15 is 0 Å². The number of tetrazole rings is 1. The van der Waals surface area contributed by atoms with E-state index < -0.39 is 6.04 Å². The molecule has 126 valence electrons. The van der Waals surface area contributed by atoms with E-state index in [2.05, 4.69) is 20.8 Å². The summed E-state index contributed by atoms with van der Waals surface area (Å²) >= 11 is 0. The van der Waals surface area contributed by atoms with Crippen LogP contribution in [0, 0.1) is 12.7 Å². The minimum atomic E-state index is -0.729. The Hall–Kier alpha value is -2.84. The molecule has 9 heteroatoms. The van der Waals surface area contributed by atoms with Crippen LogP contribution in [0.3, 0.4) is 0 Å². The third-order valence-electron chi connectivity index (χ3n) is 3.91. The number of carbonyl (C=O) groups is 2. The van der Waals surface area contributed by atoms with Crippen molar-refractivity contribution in [3.8, 4) is 0 Å². The average Bonchev–Trinajstić information content (AvgIpc) is 2.98. The molecule has 0 aliphatic carbocycles. The normalized spacial score (nSPS) is 15.9. The van der Waals surface area contributed by atoms with Crippen LogP contribution in [0.1, 0.15) is 17.4 Å². The molecule has 1 saturated heterocycles. The SMILES string of the molecule is Cc1nnnn1[C@@H](Cc1cccc(F)c1)C(=O)N1CCNC(=O)C1. The molecule has 0 radical (unpaired) electrons. The Balaban J connectivity index is 1.88. The van der Waals surface area contributed by atoms with Crippen LogP contribution in [0.25, 0.3) is 0 Å². The maximum absolute atomic E-state index is 13.5. The fraction of sp³-hybridized carbons (Fsp3) is 0.400. The van der Waals surface area contributed by atoms with Gasteiger partial charge in [0.15, 0.2) is 0 Å². The number of rotatable bonds is 4. The molecule has 0 saturated carbocycles. The Kier molecular flexibility index (Phi) is 4.50. The van der Waals surface area contributed by atoms with Crippen LogP contribution in [-0.4, -0.2) is 56.6 Å². The zero-order valence-corrected chi connectivity index (χ0v) is 13.1. The highest BCUT2D eigenvalue weighted by Crippen LogP contribution is 2.19. The number of nitrogens with zero attached hydrogens (tertiary/aromatic N) is 5. The smallest absolute Gasteiger partial charge is 0.248 e. The lowest BCUT2D eigenvalue weighted by molar-refractivity contribution is -0.141. The van der Waals surface area contributed by atoms with Gasteiger partial charge in [0.1, 0.15) is 17.7 Å². The molecule has 1 aromatic carbocycles. The van der Waals surface area contributed by atoms with Gasteiger partial charge in [0.2, 0.25) is 11.8 Å². The summed E-state index contributed by atoms with van der Waals surface area (Å²) in [4.78, 5) is 26.0. The number of aromatic nitrogens is 4. The first-order valence-electron chi connectivity index (χ1n) is 7.59. The fourth-order valence-corrected chi connectivity index (χ4v) is 2.73. The van der Waals surface area contributed by atoms with Gasteiger partial charge in [-0.25, -0.2) is 9.07 Å². The van der Waals surface area contributed by atoms with Crippen LogP contribution in [0.5, 0.6) is 0 Å². The van der Waals surface area contributed by atoms with Crippen molar-refractivity contribution in [2.24, 2.45) is 0 Å². The van der Waals surface area contributed by atoms with E-state index in [1.165, 1.54) is 21.7 Å². The minimum Gasteiger partial charge on any atom is -0.353 e. The van der Waals surface area contributed by atoms with E-state index in [4.69, 9.17) is 0 Å². The Morgan fingerprint density at radius 1 is 1.46 bits per heavy atom. The van der Waals surface area contributed by atoms with Crippen LogP contribution >= 0.6 is 0 Å². The zero-order chi connectivity index (χ0) is 17.1. The number of aryl methyl sites for hydroxylation is 1. The number of benzene rings is 1. The van der Waals surface area contributed by atoms with Crippen molar-refractivity contribution in [1.82, 2.24) is 30.4 Å². The van der Waals surface area contributed by atoms with Crippen molar-refractivity contribution in [2.75, 3.05) is 19.6 Å². The predicted octanol–water partition coefficient (Wildman–Crippen LogP) is -0.137. The number of piperazine rings is 1. The van der Waals surface area contributed by atoms with Crippen LogP contribution in [-0.2, 0) is 16.0 Å². The summed E-state index contributed by atoms with van der Waals surface area (Å²) in [5.74, 6) is -0.354. The van der Waals surface area contributed by atoms with Crippen LogP contribution in [0.15, 0.2) is 24.3 Å². The molecule has 1 aliphatic heterocycles. The van der Waals surface area contributed by atoms with E-state index in [-0.39, 0.29) is 30.6 Å². The number of carbonyl (C=O) groups excluding carboxylic acids is 2. The van der Waals surface area contributed by atoms with Crippen molar-refractivity contribution in [3.63, 3.8) is 0 Å². The van der Waals surface area contributed by atoms with Crippen LogP contribution in [0.2, 0.25) is 0 Å². The van der Waals surface area contributed by atoms with Crippen molar-refractivity contribution >= 4 is 11.8 Å². The van der Waals surface area contributed by atoms with E-state index in [0.29, 0.717) is 24.5 Å². The maximum atomic E-state index is 13.5. The summed E-state index contributed by atoms with van der Waals surface area (Å²) in [5.41, 5.74) is 0.657. The Morgan fingerprint density at radius 3 is 2.96 bits per heavy atom. The van der Waals surface area contributed by atoms with Gasteiger partial charge in [-0.1, -0.05) is 12.1 Å². The second-order valence-electron chi connectivity index (χ2n) is 5.63. The average molecular weight is 332 g/mol. The van der Waals surface area contributed by atoms with Crippen LogP contribution < -0.4 is 5.32 Å². The third-order valence-corrected chi connectivity index (χ3v) is 3.91. The first-order chi connectivity index (χ1) is 11.5. The number of hydrogen-bond donors (Lipinski definition) is 1. The molecule has 0 bridgehead atoms. The van der Waals surface area contributed by atoms with Gasteiger partial charge in [0.05, 0.1) is 6.54 Å². The highest BCUT2D eigenvalue weighted by Gasteiger charge is 2.31. The van der Waals surface area contributed by atoms with Gasteiger partial charge in [-0.15, -0.1) is 5.10 Å². The zero-order valence-electron chi connectivity index (χ0n) is 13.1. The van der Waals surface area contributed by atoms with Crippen molar-refractivity contribution in [1.29, 1.82) is 0 Å². The summed E-state index contributed by atoms with van der Waals surface area (Å²) < 4.78 is 14.9. The summed E-state index contributed by atoms with van der Waals surface area (Å²) in [6.45, 7) is 2.52. The van der Waals surface area contributed by atoms with Gasteiger partial charge in [0, 0.05) is 19.5 Å². The second kappa shape index (κ2) is 6.73. The molecule has 1 atom stereocenters. The molecule has 2 amide bonds. The molecule has 8 nitrogen and oxygen atoms in total. The lowest BCUT2D eigenvalue weighted by Gasteiger charge is -2.30. The van der Waals surface area contributed by atoms with Gasteiger partial charge < -0.3 is 10.2 Å². The molecule has 1 fully saturated rings. The van der Waals surface area contributed by atoms with Crippen molar-refractivity contribution < 1.29 is 14.0 Å². The number of hydrogen-bond acceptors (Lipinski definition) is 5. The van der Waals surface area contributed by atoms with E-state index in [0.717, 1.165) is 0 Å². The maximum Gasteiger partial charge on any atom is 0.248 e. The molecule has 2 heterocycles. The summed E-state index contributed by atoms with van der Waals surface area (Å²) in [7, 11) is 0. The molecule has 2 aromatic rings. The molecule has 1 aromatic heterocycles. The number of amides is 2. The largest absolute Gasteiger partial charge is 0.353 e. The third kappa shape index (κ3) is 3.39. The molecular weight excluding hydrogens is 315 g/mol. The number of nitrogens with one attached hydrogen (secondary N) is 1. The highest BCUT2D eigenvalue weighted by molar-refractivity contribution is 5.87. The minimum absolute atomic E-state index is 0.000340.